The van der Waals surface area contributed by atoms with Crippen LogP contribution >= 0.6 is 10.7 Å². The Balaban J connectivity index is 2.64. The van der Waals surface area contributed by atoms with E-state index in [4.69, 9.17) is 10.7 Å². The van der Waals surface area contributed by atoms with Gasteiger partial charge in [-0.25, -0.2) is 8.42 Å². The van der Waals surface area contributed by atoms with E-state index in [2.05, 4.69) is 5.32 Å². The predicted octanol–water partition coefficient (Wildman–Crippen LogP) is -0.625. The number of carbonyl (C=O) groups is 1. The zero-order valence-electron chi connectivity index (χ0n) is 7.86. The van der Waals surface area contributed by atoms with Crippen molar-refractivity contribution in [2.45, 2.75) is 12.2 Å². The molecule has 1 fully saturated rings. The summed E-state index contributed by atoms with van der Waals surface area (Å²) in [4.78, 5) is 13.1. The maximum atomic E-state index is 11.6. The van der Waals surface area contributed by atoms with Crippen LogP contribution in [0, 0.1) is 0 Å². The highest BCUT2D eigenvalue weighted by atomic mass is 35.7. The van der Waals surface area contributed by atoms with E-state index in [1.807, 2.05) is 0 Å². The van der Waals surface area contributed by atoms with Gasteiger partial charge in [-0.05, 0) is 6.92 Å². The van der Waals surface area contributed by atoms with Gasteiger partial charge in [-0.3, -0.25) is 4.79 Å². The smallest absolute Gasteiger partial charge is 0.244 e. The van der Waals surface area contributed by atoms with Crippen LogP contribution < -0.4 is 5.32 Å². The summed E-state index contributed by atoms with van der Waals surface area (Å²) in [7, 11) is 1.32. The largest absolute Gasteiger partial charge is 0.339 e. The van der Waals surface area contributed by atoms with Gasteiger partial charge in [-0.15, -0.1) is 0 Å². The molecule has 1 heterocycles. The quantitative estimate of drug-likeness (QED) is 0.653. The van der Waals surface area contributed by atoms with Crippen molar-refractivity contribution in [3.63, 3.8) is 0 Å². The Labute approximate surface area is 87.8 Å². The molecule has 1 rings (SSSR count). The van der Waals surface area contributed by atoms with Crippen molar-refractivity contribution in [3.05, 3.63) is 0 Å². The van der Waals surface area contributed by atoms with E-state index in [-0.39, 0.29) is 0 Å². The van der Waals surface area contributed by atoms with E-state index in [0.717, 1.165) is 0 Å². The second-order valence-corrected chi connectivity index (χ2v) is 6.14. The van der Waals surface area contributed by atoms with Crippen LogP contribution in [0.2, 0.25) is 0 Å². The van der Waals surface area contributed by atoms with Gasteiger partial charge >= 0.3 is 0 Å². The molecule has 0 radical (unpaired) electrons. The summed E-state index contributed by atoms with van der Waals surface area (Å²) in [6, 6.07) is 0. The maximum absolute atomic E-state index is 11.6. The molecule has 1 amide bonds. The molecule has 1 aliphatic heterocycles. The molecule has 82 valence electrons. The minimum absolute atomic E-state index is 0.415. The van der Waals surface area contributed by atoms with E-state index in [1.54, 1.807) is 0 Å². The maximum Gasteiger partial charge on any atom is 0.244 e. The minimum Gasteiger partial charge on any atom is -0.339 e. The molecule has 1 unspecified atom stereocenters. The fraction of sp³-hybridized carbons (Fsp3) is 0.857. The Hall–Kier alpha value is -0.330. The summed E-state index contributed by atoms with van der Waals surface area (Å²) in [6.07, 6.45) is 0. The Morgan fingerprint density at radius 3 is 2.36 bits per heavy atom. The highest BCUT2D eigenvalue weighted by Gasteiger charge is 2.30. The van der Waals surface area contributed by atoms with Gasteiger partial charge in [-0.1, -0.05) is 0 Å². The number of rotatable bonds is 2. The second-order valence-electron chi connectivity index (χ2n) is 3.19. The standard InChI is InChI=1S/C7H13ClN2O3S/c1-6(14(8,12)13)7(11)10-4-2-9-3-5-10/h6,9H,2-5H2,1H3. The molecule has 0 aromatic heterocycles. The van der Waals surface area contributed by atoms with E-state index in [0.29, 0.717) is 26.2 Å². The van der Waals surface area contributed by atoms with Crippen molar-refractivity contribution >= 4 is 25.6 Å². The zero-order valence-corrected chi connectivity index (χ0v) is 9.44. The highest BCUT2D eigenvalue weighted by Crippen LogP contribution is 2.10. The molecule has 1 N–H and O–H groups in total. The van der Waals surface area contributed by atoms with Gasteiger partial charge in [0, 0.05) is 36.9 Å². The molecular weight excluding hydrogens is 228 g/mol. The molecule has 0 aromatic rings. The van der Waals surface area contributed by atoms with E-state index in [1.165, 1.54) is 11.8 Å². The van der Waals surface area contributed by atoms with E-state index in [9.17, 15) is 13.2 Å². The van der Waals surface area contributed by atoms with Gasteiger partial charge in [0.25, 0.3) is 0 Å². The second kappa shape index (κ2) is 4.46. The monoisotopic (exact) mass is 240 g/mol. The van der Waals surface area contributed by atoms with Crippen LogP contribution in [-0.4, -0.2) is 50.7 Å². The summed E-state index contributed by atoms with van der Waals surface area (Å²) >= 11 is 0. The summed E-state index contributed by atoms with van der Waals surface area (Å²) in [5.74, 6) is -0.415. The van der Waals surface area contributed by atoms with Crippen LogP contribution in [0.15, 0.2) is 0 Å². The lowest BCUT2D eigenvalue weighted by Gasteiger charge is -2.28. The molecule has 0 bridgehead atoms. The number of amides is 1. The molecule has 0 aliphatic carbocycles. The first-order valence-corrected chi connectivity index (χ1v) is 6.73. The predicted molar refractivity (Wildman–Crippen MR) is 53.7 cm³/mol. The third-order valence-electron chi connectivity index (χ3n) is 2.20. The first-order valence-electron chi connectivity index (χ1n) is 4.36. The number of piperazine rings is 1. The van der Waals surface area contributed by atoms with Gasteiger partial charge in [0.2, 0.25) is 15.0 Å². The zero-order chi connectivity index (χ0) is 10.8. The van der Waals surface area contributed by atoms with Crippen LogP contribution in [0.4, 0.5) is 0 Å². The minimum atomic E-state index is -3.79. The average Bonchev–Trinajstić information content (AvgIpc) is 2.15. The number of nitrogens with zero attached hydrogens (tertiary/aromatic N) is 1. The summed E-state index contributed by atoms with van der Waals surface area (Å²) in [5.41, 5.74) is 0. The van der Waals surface area contributed by atoms with Gasteiger partial charge in [0.15, 0.2) is 5.25 Å². The number of hydrogen-bond acceptors (Lipinski definition) is 4. The number of hydrogen-bond donors (Lipinski definition) is 1. The number of nitrogens with one attached hydrogen (secondary N) is 1. The Morgan fingerprint density at radius 2 is 1.93 bits per heavy atom. The van der Waals surface area contributed by atoms with Crippen molar-refractivity contribution in [3.8, 4) is 0 Å². The molecule has 1 aliphatic rings. The number of carbonyl (C=O) groups excluding carboxylic acids is 1. The van der Waals surface area contributed by atoms with Crippen molar-refractivity contribution in [2.24, 2.45) is 0 Å². The van der Waals surface area contributed by atoms with E-state index < -0.39 is 20.2 Å². The Bertz CT molecular complexity index is 311. The highest BCUT2D eigenvalue weighted by molar-refractivity contribution is 8.14. The third kappa shape index (κ3) is 2.83. The van der Waals surface area contributed by atoms with Gasteiger partial charge < -0.3 is 10.2 Å². The molecule has 14 heavy (non-hydrogen) atoms. The van der Waals surface area contributed by atoms with Gasteiger partial charge in [-0.2, -0.15) is 0 Å². The van der Waals surface area contributed by atoms with Crippen molar-refractivity contribution in [1.82, 2.24) is 10.2 Å². The van der Waals surface area contributed by atoms with Gasteiger partial charge in [0.1, 0.15) is 0 Å². The molecule has 0 aromatic carbocycles. The van der Waals surface area contributed by atoms with Crippen molar-refractivity contribution in [1.29, 1.82) is 0 Å². The molecule has 5 nitrogen and oxygen atoms in total. The van der Waals surface area contributed by atoms with Crippen molar-refractivity contribution < 1.29 is 13.2 Å². The van der Waals surface area contributed by atoms with Crippen molar-refractivity contribution in [2.75, 3.05) is 26.2 Å². The van der Waals surface area contributed by atoms with E-state index >= 15 is 0 Å². The lowest BCUT2D eigenvalue weighted by Crippen LogP contribution is -2.50. The fourth-order valence-electron chi connectivity index (χ4n) is 1.26. The molecule has 7 heteroatoms. The lowest BCUT2D eigenvalue weighted by atomic mass is 10.3. The normalized spacial score (nSPS) is 20.6. The first-order chi connectivity index (χ1) is 6.43. The SMILES string of the molecule is CC(C(=O)N1CCNCC1)S(=O)(=O)Cl. The molecule has 0 spiro atoms. The van der Waals surface area contributed by atoms with Crippen LogP contribution in [-0.2, 0) is 13.8 Å². The average molecular weight is 241 g/mol. The third-order valence-corrected chi connectivity index (χ3v) is 4.05. The number of halogens is 1. The fourth-order valence-corrected chi connectivity index (χ4v) is 1.88. The van der Waals surface area contributed by atoms with Crippen LogP contribution in [0.25, 0.3) is 0 Å². The first kappa shape index (κ1) is 11.7. The molecular formula is C7H13ClN2O3S. The Kier molecular flexibility index (Phi) is 3.74. The topological polar surface area (TPSA) is 66.5 Å². The summed E-state index contributed by atoms with van der Waals surface area (Å²) < 4.78 is 21.8. The van der Waals surface area contributed by atoms with Crippen LogP contribution in [0.5, 0.6) is 0 Å². The molecule has 1 saturated heterocycles. The molecule has 1 atom stereocenters. The Morgan fingerprint density at radius 1 is 1.43 bits per heavy atom. The molecule has 0 saturated carbocycles. The summed E-state index contributed by atoms with van der Waals surface area (Å²) in [5, 5.41) is 1.92. The summed E-state index contributed by atoms with van der Waals surface area (Å²) in [6.45, 7) is 3.78. The van der Waals surface area contributed by atoms with Crippen LogP contribution in [0.3, 0.4) is 0 Å². The van der Waals surface area contributed by atoms with Gasteiger partial charge in [0.05, 0.1) is 0 Å². The van der Waals surface area contributed by atoms with Crippen LogP contribution in [0.1, 0.15) is 6.92 Å². The lowest BCUT2D eigenvalue weighted by molar-refractivity contribution is -0.130.